The van der Waals surface area contributed by atoms with Crippen LogP contribution in [0.1, 0.15) is 10.4 Å². The monoisotopic (exact) mass is 285 g/mol. The normalized spacial score (nSPS) is 14.1. The predicted octanol–water partition coefficient (Wildman–Crippen LogP) is 2.03. The molecule has 1 amide bonds. The number of hydrogen-bond donors (Lipinski definition) is 0. The van der Waals surface area contributed by atoms with Crippen LogP contribution in [0.4, 0.5) is 11.4 Å². The van der Waals surface area contributed by atoms with Crippen LogP contribution < -0.4 is 9.64 Å². The van der Waals surface area contributed by atoms with E-state index in [4.69, 9.17) is 4.74 Å². The summed E-state index contributed by atoms with van der Waals surface area (Å²) in [5, 5.41) is 10.8. The topological polar surface area (TPSA) is 85.6 Å². The number of amides is 1. The highest BCUT2D eigenvalue weighted by molar-refractivity contribution is 6.08. The van der Waals surface area contributed by atoms with Gasteiger partial charge in [-0.15, -0.1) is 0 Å². The molecule has 1 aliphatic rings. The van der Waals surface area contributed by atoms with E-state index in [0.717, 1.165) is 6.20 Å². The number of nitrogens with zero attached hydrogens (tertiary/aromatic N) is 3. The van der Waals surface area contributed by atoms with Crippen molar-refractivity contribution in [3.8, 4) is 5.88 Å². The van der Waals surface area contributed by atoms with Gasteiger partial charge in [-0.25, -0.2) is 4.98 Å². The second-order valence-electron chi connectivity index (χ2n) is 4.44. The van der Waals surface area contributed by atoms with Crippen LogP contribution in [0.15, 0.2) is 42.6 Å². The molecule has 2 aromatic rings. The van der Waals surface area contributed by atoms with Crippen LogP contribution in [0, 0.1) is 10.1 Å². The molecule has 2 heterocycles. The van der Waals surface area contributed by atoms with Crippen molar-refractivity contribution < 1.29 is 14.5 Å². The average molecular weight is 285 g/mol. The third-order valence-electron chi connectivity index (χ3n) is 3.14. The van der Waals surface area contributed by atoms with Crippen LogP contribution in [0.2, 0.25) is 0 Å². The molecule has 0 unspecified atom stereocenters. The van der Waals surface area contributed by atoms with Gasteiger partial charge in [-0.3, -0.25) is 14.9 Å². The Morgan fingerprint density at radius 1 is 1.29 bits per heavy atom. The second-order valence-corrected chi connectivity index (χ2v) is 4.44. The first-order valence-electron chi connectivity index (χ1n) is 6.31. The van der Waals surface area contributed by atoms with E-state index < -0.39 is 4.92 Å². The van der Waals surface area contributed by atoms with Gasteiger partial charge in [-0.1, -0.05) is 18.2 Å². The van der Waals surface area contributed by atoms with Gasteiger partial charge in [0.2, 0.25) is 5.88 Å². The van der Waals surface area contributed by atoms with Crippen molar-refractivity contribution in [1.82, 2.24) is 4.98 Å². The number of aromatic nitrogens is 1. The molecule has 1 aliphatic heterocycles. The summed E-state index contributed by atoms with van der Waals surface area (Å²) >= 11 is 0. The fourth-order valence-corrected chi connectivity index (χ4v) is 2.14. The zero-order valence-corrected chi connectivity index (χ0v) is 10.9. The van der Waals surface area contributed by atoms with E-state index >= 15 is 0 Å². The summed E-state index contributed by atoms with van der Waals surface area (Å²) in [4.78, 5) is 28.2. The molecular formula is C14H11N3O4. The SMILES string of the molecule is O=C1c2cc([N+](=O)[O-])cnc2OCCN1c1ccccc1. The lowest BCUT2D eigenvalue weighted by molar-refractivity contribution is -0.385. The van der Waals surface area contributed by atoms with Crippen LogP contribution in [-0.4, -0.2) is 29.0 Å². The fourth-order valence-electron chi connectivity index (χ4n) is 2.14. The molecule has 0 fully saturated rings. The maximum absolute atomic E-state index is 12.6. The summed E-state index contributed by atoms with van der Waals surface area (Å²) in [5.41, 5.74) is 0.580. The number of ether oxygens (including phenoxy) is 1. The third-order valence-corrected chi connectivity index (χ3v) is 3.14. The van der Waals surface area contributed by atoms with Gasteiger partial charge in [0.1, 0.15) is 18.4 Å². The minimum absolute atomic E-state index is 0.102. The highest BCUT2D eigenvalue weighted by atomic mass is 16.6. The maximum Gasteiger partial charge on any atom is 0.288 e. The zero-order valence-electron chi connectivity index (χ0n) is 10.9. The van der Waals surface area contributed by atoms with E-state index in [2.05, 4.69) is 4.98 Å². The number of anilines is 1. The lowest BCUT2D eigenvalue weighted by atomic mass is 10.2. The maximum atomic E-state index is 12.6. The largest absolute Gasteiger partial charge is 0.475 e. The molecule has 0 bridgehead atoms. The Balaban J connectivity index is 2.05. The van der Waals surface area contributed by atoms with Crippen molar-refractivity contribution in [1.29, 1.82) is 0 Å². The Morgan fingerprint density at radius 2 is 2.05 bits per heavy atom. The molecule has 0 N–H and O–H groups in total. The summed E-state index contributed by atoms with van der Waals surface area (Å²) in [6.45, 7) is 0.630. The molecule has 3 rings (SSSR count). The summed E-state index contributed by atoms with van der Waals surface area (Å²) in [7, 11) is 0. The Kier molecular flexibility index (Phi) is 3.23. The van der Waals surface area contributed by atoms with Crippen LogP contribution in [-0.2, 0) is 0 Å². The van der Waals surface area contributed by atoms with Crippen LogP contribution in [0.3, 0.4) is 0 Å². The van der Waals surface area contributed by atoms with Crippen molar-refractivity contribution in [2.75, 3.05) is 18.1 Å². The molecule has 0 saturated carbocycles. The van der Waals surface area contributed by atoms with E-state index in [9.17, 15) is 14.9 Å². The molecule has 1 aromatic heterocycles. The first-order valence-corrected chi connectivity index (χ1v) is 6.31. The first kappa shape index (κ1) is 13.0. The fraction of sp³-hybridized carbons (Fsp3) is 0.143. The molecule has 7 nitrogen and oxygen atoms in total. The lowest BCUT2D eigenvalue weighted by Crippen LogP contribution is -2.32. The molecule has 0 aliphatic carbocycles. The number of carbonyl (C=O) groups excluding carboxylic acids is 1. The second kappa shape index (κ2) is 5.20. The Bertz CT molecular complexity index is 703. The van der Waals surface area contributed by atoms with Crippen LogP contribution >= 0.6 is 0 Å². The van der Waals surface area contributed by atoms with E-state index in [-0.39, 0.29) is 29.6 Å². The molecule has 7 heteroatoms. The Hall–Kier alpha value is -2.96. The van der Waals surface area contributed by atoms with Crippen molar-refractivity contribution in [2.24, 2.45) is 0 Å². The molecule has 1 aromatic carbocycles. The zero-order chi connectivity index (χ0) is 14.8. The molecular weight excluding hydrogens is 274 g/mol. The van der Waals surface area contributed by atoms with Crippen molar-refractivity contribution in [3.05, 3.63) is 58.3 Å². The smallest absolute Gasteiger partial charge is 0.288 e. The standard InChI is InChI=1S/C14H11N3O4/c18-14-12-8-11(17(19)20)9-15-13(12)21-7-6-16(14)10-4-2-1-3-5-10/h1-5,8-9H,6-7H2. The molecule has 0 saturated heterocycles. The number of pyridine rings is 1. The number of nitro groups is 1. The predicted molar refractivity (Wildman–Crippen MR) is 74.5 cm³/mol. The lowest BCUT2D eigenvalue weighted by Gasteiger charge is -2.19. The van der Waals surface area contributed by atoms with Gasteiger partial charge < -0.3 is 9.64 Å². The van der Waals surface area contributed by atoms with E-state index in [1.54, 1.807) is 12.1 Å². The number of fused-ring (bicyclic) bond motifs is 1. The van der Waals surface area contributed by atoms with Gasteiger partial charge in [0.05, 0.1) is 11.5 Å². The average Bonchev–Trinajstić information content (AvgIpc) is 2.67. The Morgan fingerprint density at radius 3 is 2.76 bits per heavy atom. The molecule has 21 heavy (non-hydrogen) atoms. The summed E-state index contributed by atoms with van der Waals surface area (Å²) in [6, 6.07) is 10.3. The highest BCUT2D eigenvalue weighted by Crippen LogP contribution is 2.27. The van der Waals surface area contributed by atoms with Gasteiger partial charge in [-0.05, 0) is 12.1 Å². The Labute approximate surface area is 119 Å². The highest BCUT2D eigenvalue weighted by Gasteiger charge is 2.27. The number of carbonyl (C=O) groups is 1. The summed E-state index contributed by atoms with van der Waals surface area (Å²) < 4.78 is 5.41. The van der Waals surface area contributed by atoms with E-state index in [1.807, 2.05) is 18.2 Å². The van der Waals surface area contributed by atoms with Gasteiger partial charge >= 0.3 is 0 Å². The minimum atomic E-state index is -0.585. The van der Waals surface area contributed by atoms with Gasteiger partial charge in [0.15, 0.2) is 0 Å². The van der Waals surface area contributed by atoms with Crippen molar-refractivity contribution >= 4 is 17.3 Å². The van der Waals surface area contributed by atoms with Gasteiger partial charge in [0.25, 0.3) is 11.6 Å². The van der Waals surface area contributed by atoms with Gasteiger partial charge in [-0.2, -0.15) is 0 Å². The molecule has 106 valence electrons. The van der Waals surface area contributed by atoms with Crippen molar-refractivity contribution in [2.45, 2.75) is 0 Å². The minimum Gasteiger partial charge on any atom is -0.475 e. The van der Waals surface area contributed by atoms with Crippen LogP contribution in [0.25, 0.3) is 0 Å². The molecule has 0 spiro atoms. The number of benzene rings is 1. The quantitative estimate of drug-likeness (QED) is 0.622. The molecule has 0 atom stereocenters. The van der Waals surface area contributed by atoms with Crippen LogP contribution in [0.5, 0.6) is 5.88 Å². The van der Waals surface area contributed by atoms with E-state index in [0.29, 0.717) is 12.2 Å². The number of para-hydroxylation sites is 1. The third kappa shape index (κ3) is 2.40. The summed E-state index contributed by atoms with van der Waals surface area (Å²) in [5.74, 6) is -0.228. The van der Waals surface area contributed by atoms with Gasteiger partial charge in [0, 0.05) is 11.8 Å². The van der Waals surface area contributed by atoms with E-state index in [1.165, 1.54) is 11.0 Å². The van der Waals surface area contributed by atoms with Crippen molar-refractivity contribution in [3.63, 3.8) is 0 Å². The number of hydrogen-bond acceptors (Lipinski definition) is 5. The number of rotatable bonds is 2. The first-order chi connectivity index (χ1) is 10.2. The summed E-state index contributed by atoms with van der Waals surface area (Å²) in [6.07, 6.45) is 1.09. The molecule has 0 radical (unpaired) electrons.